The maximum atomic E-state index is 13.2. The first-order chi connectivity index (χ1) is 22.8. The number of hydrogen-bond donors (Lipinski definition) is 1. The van der Waals surface area contributed by atoms with Crippen molar-refractivity contribution < 1.29 is 19.6 Å². The first-order valence-electron chi connectivity index (χ1n) is 14.1. The maximum absolute atomic E-state index is 13.2. The number of Topliss-reactive ketones (excluding diaryl/α,β-unsaturated/α-hetero) is 1. The monoisotopic (exact) mass is 627 g/mol. The van der Waals surface area contributed by atoms with Gasteiger partial charge >= 0.3 is 5.97 Å². The van der Waals surface area contributed by atoms with Crippen molar-refractivity contribution in [1.29, 1.82) is 0 Å². The van der Waals surface area contributed by atoms with E-state index in [4.69, 9.17) is 0 Å². The number of benzene rings is 1. The molecule has 0 radical (unpaired) electrons. The van der Waals surface area contributed by atoms with Crippen LogP contribution in [0.3, 0.4) is 0 Å². The Morgan fingerprint density at radius 1 is 0.809 bits per heavy atom. The fourth-order valence-corrected chi connectivity index (χ4v) is 4.57. The number of carbonyl (C=O) groups excluding carboxylic acids is 1. The molecule has 1 aromatic carbocycles. The molecule has 6 aromatic rings. The Labute approximate surface area is 267 Å². The molecule has 0 aliphatic rings. The number of aromatic nitrogens is 6. The molecule has 0 saturated heterocycles. The summed E-state index contributed by atoms with van der Waals surface area (Å²) in [7, 11) is 0. The second-order valence-corrected chi connectivity index (χ2v) is 9.88. The SMILES string of the molecule is O=C(CC(C(=O)O)c1cccnc1)c1ccccn1.O=c1c(-c2cccnc2)cc(-c2ccccn2)nn1-c1ccccc1[N+](=O)[O-]. The first-order valence-corrected chi connectivity index (χ1v) is 14.1. The van der Waals surface area contributed by atoms with Crippen LogP contribution in [0.1, 0.15) is 28.4 Å². The fraction of sp³-hybridized carbons (Fsp3) is 0.0588. The second kappa shape index (κ2) is 14.8. The number of para-hydroxylation sites is 2. The average Bonchev–Trinajstić information content (AvgIpc) is 3.12. The van der Waals surface area contributed by atoms with Gasteiger partial charge in [-0.3, -0.25) is 44.4 Å². The second-order valence-electron chi connectivity index (χ2n) is 9.88. The maximum Gasteiger partial charge on any atom is 0.311 e. The van der Waals surface area contributed by atoms with Gasteiger partial charge in [0.05, 0.1) is 22.1 Å². The largest absolute Gasteiger partial charge is 0.481 e. The van der Waals surface area contributed by atoms with E-state index < -0.39 is 22.4 Å². The predicted molar refractivity (Wildman–Crippen MR) is 171 cm³/mol. The molecule has 0 amide bonds. The Morgan fingerprint density at radius 3 is 2.13 bits per heavy atom. The third-order valence-corrected chi connectivity index (χ3v) is 6.84. The Hall–Kier alpha value is -6.76. The number of hydrogen-bond acceptors (Lipinski definition) is 10. The van der Waals surface area contributed by atoms with Crippen molar-refractivity contribution in [1.82, 2.24) is 29.7 Å². The summed E-state index contributed by atoms with van der Waals surface area (Å²) in [5.41, 5.74) is 2.03. The highest BCUT2D eigenvalue weighted by molar-refractivity contribution is 5.97. The highest BCUT2D eigenvalue weighted by Gasteiger charge is 2.24. The number of carbonyl (C=O) groups is 2. The number of ketones is 1. The molecule has 0 aliphatic carbocycles. The Morgan fingerprint density at radius 2 is 1.51 bits per heavy atom. The van der Waals surface area contributed by atoms with Crippen molar-refractivity contribution in [2.24, 2.45) is 0 Å². The van der Waals surface area contributed by atoms with Crippen molar-refractivity contribution >= 4 is 17.4 Å². The molecule has 6 rings (SSSR count). The smallest absolute Gasteiger partial charge is 0.311 e. The van der Waals surface area contributed by atoms with Crippen LogP contribution < -0.4 is 5.56 Å². The lowest BCUT2D eigenvalue weighted by atomic mass is 9.94. The molecular weight excluding hydrogens is 602 g/mol. The van der Waals surface area contributed by atoms with Crippen molar-refractivity contribution in [2.45, 2.75) is 12.3 Å². The van der Waals surface area contributed by atoms with Crippen LogP contribution in [0.4, 0.5) is 5.69 Å². The van der Waals surface area contributed by atoms with E-state index in [1.807, 2.05) is 0 Å². The van der Waals surface area contributed by atoms with Gasteiger partial charge in [-0.2, -0.15) is 9.78 Å². The van der Waals surface area contributed by atoms with Gasteiger partial charge in [-0.1, -0.05) is 36.4 Å². The molecule has 0 saturated carbocycles. The van der Waals surface area contributed by atoms with Crippen molar-refractivity contribution in [3.8, 4) is 28.2 Å². The average molecular weight is 628 g/mol. The summed E-state index contributed by atoms with van der Waals surface area (Å²) in [5.74, 6) is -2.24. The third-order valence-electron chi connectivity index (χ3n) is 6.84. The lowest BCUT2D eigenvalue weighted by Crippen LogP contribution is -2.24. The predicted octanol–water partition coefficient (Wildman–Crippen LogP) is 5.18. The zero-order valence-corrected chi connectivity index (χ0v) is 24.5. The van der Waals surface area contributed by atoms with E-state index in [9.17, 15) is 29.6 Å². The van der Waals surface area contributed by atoms with Crippen LogP contribution in [0.5, 0.6) is 0 Å². The quantitative estimate of drug-likeness (QED) is 0.126. The van der Waals surface area contributed by atoms with Crippen LogP contribution >= 0.6 is 0 Å². The number of carboxylic acid groups (broad SMARTS) is 1. The Kier molecular flexibility index (Phi) is 9.98. The minimum Gasteiger partial charge on any atom is -0.481 e. The van der Waals surface area contributed by atoms with E-state index in [-0.39, 0.29) is 29.3 Å². The van der Waals surface area contributed by atoms with E-state index in [0.29, 0.717) is 28.1 Å². The zero-order valence-electron chi connectivity index (χ0n) is 24.5. The number of nitro groups is 1. The third kappa shape index (κ3) is 7.67. The number of pyridine rings is 4. The number of carboxylic acids is 1. The summed E-state index contributed by atoms with van der Waals surface area (Å²) >= 11 is 0. The molecule has 5 aromatic heterocycles. The molecule has 47 heavy (non-hydrogen) atoms. The Bertz CT molecular complexity index is 2060. The molecule has 232 valence electrons. The highest BCUT2D eigenvalue weighted by atomic mass is 16.6. The van der Waals surface area contributed by atoms with Gasteiger partial charge in [0.2, 0.25) is 0 Å². The Balaban J connectivity index is 0.000000199. The fourth-order valence-electron chi connectivity index (χ4n) is 4.57. The number of rotatable bonds is 9. The highest BCUT2D eigenvalue weighted by Crippen LogP contribution is 2.25. The molecule has 0 spiro atoms. The molecule has 5 heterocycles. The molecule has 0 fully saturated rings. The van der Waals surface area contributed by atoms with Crippen LogP contribution in [-0.2, 0) is 4.79 Å². The van der Waals surface area contributed by atoms with E-state index in [0.717, 1.165) is 4.68 Å². The van der Waals surface area contributed by atoms with Crippen LogP contribution in [0.15, 0.2) is 133 Å². The number of nitro benzene ring substituents is 1. The van der Waals surface area contributed by atoms with Crippen LogP contribution in [0, 0.1) is 10.1 Å². The van der Waals surface area contributed by atoms with Crippen molar-refractivity contribution in [3.63, 3.8) is 0 Å². The number of nitrogens with zero attached hydrogens (tertiary/aromatic N) is 7. The summed E-state index contributed by atoms with van der Waals surface area (Å²) in [4.78, 5) is 63.5. The lowest BCUT2D eigenvalue weighted by Gasteiger charge is -2.11. The van der Waals surface area contributed by atoms with Gasteiger partial charge in [-0.15, -0.1) is 0 Å². The van der Waals surface area contributed by atoms with Gasteiger partial charge in [0, 0.05) is 55.2 Å². The van der Waals surface area contributed by atoms with E-state index in [1.165, 1.54) is 30.6 Å². The molecule has 0 bridgehead atoms. The first kappa shape index (κ1) is 31.7. The normalized spacial score (nSPS) is 11.1. The molecule has 1 atom stereocenters. The summed E-state index contributed by atoms with van der Waals surface area (Å²) in [6, 6.07) is 24.6. The lowest BCUT2D eigenvalue weighted by molar-refractivity contribution is -0.384. The van der Waals surface area contributed by atoms with Gasteiger partial charge in [-0.25, -0.2) is 0 Å². The van der Waals surface area contributed by atoms with E-state index in [1.54, 1.807) is 97.6 Å². The van der Waals surface area contributed by atoms with Gasteiger partial charge in [-0.05, 0) is 54.1 Å². The van der Waals surface area contributed by atoms with Gasteiger partial charge in [0.1, 0.15) is 17.1 Å². The molecule has 1 N–H and O–H groups in total. The van der Waals surface area contributed by atoms with Crippen LogP contribution in [0.25, 0.3) is 28.2 Å². The zero-order chi connectivity index (χ0) is 33.2. The molecule has 0 aliphatic heterocycles. The van der Waals surface area contributed by atoms with Crippen molar-refractivity contribution in [2.75, 3.05) is 0 Å². The summed E-state index contributed by atoms with van der Waals surface area (Å²) in [6.45, 7) is 0. The van der Waals surface area contributed by atoms with Crippen LogP contribution in [0.2, 0.25) is 0 Å². The standard InChI is InChI=1S/C20H13N5O3.C14H12N2O3/c26-20-15(14-6-5-10-21-13-14)12-17(16-7-3-4-11-22-16)23-24(20)18-8-1-2-9-19(18)25(27)28;17-13(12-5-1-2-7-16-12)8-11(14(18)19)10-4-3-6-15-9-10/h1-13H;1-7,9,11H,8H2,(H,18,19). The van der Waals surface area contributed by atoms with Crippen molar-refractivity contribution in [3.05, 3.63) is 160 Å². The summed E-state index contributed by atoms with van der Waals surface area (Å²) in [5, 5.41) is 25.0. The topological polar surface area (TPSA) is 184 Å². The molecule has 1 unspecified atom stereocenters. The molecular formula is C34H25N7O6. The van der Waals surface area contributed by atoms with Gasteiger partial charge < -0.3 is 5.11 Å². The van der Waals surface area contributed by atoms with Crippen LogP contribution in [-0.4, -0.2) is 51.5 Å². The molecule has 13 nitrogen and oxygen atoms in total. The van der Waals surface area contributed by atoms with E-state index >= 15 is 0 Å². The minimum absolute atomic E-state index is 0.0837. The summed E-state index contributed by atoms with van der Waals surface area (Å²) in [6.07, 6.45) is 9.17. The van der Waals surface area contributed by atoms with E-state index in [2.05, 4.69) is 25.0 Å². The number of aliphatic carboxylic acids is 1. The minimum atomic E-state index is -1.04. The van der Waals surface area contributed by atoms with Gasteiger partial charge in [0.15, 0.2) is 5.78 Å². The summed E-state index contributed by atoms with van der Waals surface area (Å²) < 4.78 is 1.05. The van der Waals surface area contributed by atoms with Gasteiger partial charge in [0.25, 0.3) is 11.2 Å². The molecule has 13 heteroatoms.